The van der Waals surface area contributed by atoms with Gasteiger partial charge in [-0.25, -0.2) is 0 Å². The normalized spacial score (nSPS) is 21.8. The molecule has 1 aromatic heterocycles. The van der Waals surface area contributed by atoms with Crippen molar-refractivity contribution in [3.8, 4) is 5.69 Å². The van der Waals surface area contributed by atoms with Crippen LogP contribution in [0.4, 0.5) is 0 Å². The molecule has 1 aromatic carbocycles. The summed E-state index contributed by atoms with van der Waals surface area (Å²) in [6, 6.07) is 9.94. The van der Waals surface area contributed by atoms with Crippen molar-refractivity contribution in [3.63, 3.8) is 0 Å². The lowest BCUT2D eigenvalue weighted by atomic mass is 10.00. The lowest BCUT2D eigenvalue weighted by Crippen LogP contribution is -2.28. The second kappa shape index (κ2) is 6.78. The Morgan fingerprint density at radius 1 is 1.33 bits per heavy atom. The van der Waals surface area contributed by atoms with Crippen molar-refractivity contribution >= 4 is 0 Å². The molecule has 0 saturated carbocycles. The zero-order chi connectivity index (χ0) is 14.5. The van der Waals surface area contributed by atoms with E-state index in [1.807, 2.05) is 30.3 Å². The Labute approximate surface area is 124 Å². The van der Waals surface area contributed by atoms with Gasteiger partial charge < -0.3 is 10.1 Å². The largest absolute Gasteiger partial charge is 0.378 e. The Hall–Kier alpha value is -1.79. The van der Waals surface area contributed by atoms with Gasteiger partial charge in [0.15, 0.2) is 5.82 Å². The van der Waals surface area contributed by atoms with Gasteiger partial charge in [-0.15, -0.1) is 5.10 Å². The number of nitrogens with zero attached hydrogens (tertiary/aromatic N) is 4. The molecule has 1 aliphatic heterocycles. The smallest absolute Gasteiger partial charge is 0.170 e. The lowest BCUT2D eigenvalue weighted by molar-refractivity contribution is 0.0872. The van der Waals surface area contributed by atoms with E-state index in [9.17, 15) is 0 Å². The van der Waals surface area contributed by atoms with Crippen LogP contribution in [0, 0.1) is 5.92 Å². The molecule has 1 saturated heterocycles. The fourth-order valence-electron chi connectivity index (χ4n) is 2.83. The van der Waals surface area contributed by atoms with Crippen LogP contribution in [0.5, 0.6) is 0 Å². The summed E-state index contributed by atoms with van der Waals surface area (Å²) in [6.07, 6.45) is 2.60. The fourth-order valence-corrected chi connectivity index (χ4v) is 2.83. The highest BCUT2D eigenvalue weighted by atomic mass is 16.5. The van der Waals surface area contributed by atoms with Gasteiger partial charge in [0.05, 0.1) is 18.3 Å². The summed E-state index contributed by atoms with van der Waals surface area (Å²) in [5.74, 6) is 1.42. The van der Waals surface area contributed by atoms with Gasteiger partial charge in [0.2, 0.25) is 0 Å². The second-order valence-electron chi connectivity index (χ2n) is 5.34. The van der Waals surface area contributed by atoms with Gasteiger partial charge in [-0.2, -0.15) is 4.68 Å². The number of hydrogen-bond acceptors (Lipinski definition) is 5. The van der Waals surface area contributed by atoms with Crippen LogP contribution < -0.4 is 5.32 Å². The first-order valence-corrected chi connectivity index (χ1v) is 7.53. The van der Waals surface area contributed by atoms with Gasteiger partial charge in [0, 0.05) is 13.2 Å². The molecule has 0 spiro atoms. The van der Waals surface area contributed by atoms with Gasteiger partial charge in [-0.3, -0.25) is 0 Å². The molecular weight excluding hydrogens is 266 g/mol. The number of para-hydroxylation sites is 1. The zero-order valence-corrected chi connectivity index (χ0v) is 12.3. The van der Waals surface area contributed by atoms with Gasteiger partial charge >= 0.3 is 0 Å². The Morgan fingerprint density at radius 3 is 3.00 bits per heavy atom. The fraction of sp³-hybridized carbons (Fsp3) is 0.533. The third-order valence-electron chi connectivity index (χ3n) is 3.97. The minimum Gasteiger partial charge on any atom is -0.378 e. The molecule has 1 aliphatic rings. The number of nitrogens with one attached hydrogen (secondary N) is 1. The van der Waals surface area contributed by atoms with Crippen LogP contribution in [0.2, 0.25) is 0 Å². The van der Waals surface area contributed by atoms with Crippen molar-refractivity contribution in [2.24, 2.45) is 5.92 Å². The second-order valence-corrected chi connectivity index (χ2v) is 5.34. The number of benzene rings is 1. The maximum absolute atomic E-state index is 5.71. The predicted molar refractivity (Wildman–Crippen MR) is 79.0 cm³/mol. The predicted octanol–water partition coefficient (Wildman–Crippen LogP) is 1.57. The quantitative estimate of drug-likeness (QED) is 0.873. The van der Waals surface area contributed by atoms with E-state index >= 15 is 0 Å². The maximum Gasteiger partial charge on any atom is 0.170 e. The maximum atomic E-state index is 5.71. The first-order valence-electron chi connectivity index (χ1n) is 7.53. The third kappa shape index (κ3) is 3.28. The van der Waals surface area contributed by atoms with Gasteiger partial charge in [-0.05, 0) is 41.3 Å². The summed E-state index contributed by atoms with van der Waals surface area (Å²) in [5, 5.41) is 15.4. The van der Waals surface area contributed by atoms with E-state index in [0.717, 1.165) is 37.5 Å². The van der Waals surface area contributed by atoms with E-state index < -0.39 is 0 Å². The van der Waals surface area contributed by atoms with Crippen LogP contribution in [0.15, 0.2) is 30.3 Å². The average molecular weight is 287 g/mol. The van der Waals surface area contributed by atoms with Crippen LogP contribution in [0.1, 0.15) is 25.6 Å². The number of rotatable bonds is 6. The summed E-state index contributed by atoms with van der Waals surface area (Å²) in [7, 11) is 0. The Morgan fingerprint density at radius 2 is 2.19 bits per heavy atom. The summed E-state index contributed by atoms with van der Waals surface area (Å²) < 4.78 is 7.48. The minimum absolute atomic E-state index is 0.391. The van der Waals surface area contributed by atoms with Crippen molar-refractivity contribution < 1.29 is 4.74 Å². The molecule has 2 heterocycles. The summed E-state index contributed by atoms with van der Waals surface area (Å²) in [4.78, 5) is 0. The molecule has 6 heteroatoms. The number of aromatic nitrogens is 4. The molecule has 2 aromatic rings. The minimum atomic E-state index is 0.391. The Balaban J connectivity index is 1.58. The van der Waals surface area contributed by atoms with E-state index in [2.05, 4.69) is 27.8 Å². The number of hydrogen-bond donors (Lipinski definition) is 1. The molecule has 1 fully saturated rings. The number of tetrazole rings is 1. The van der Waals surface area contributed by atoms with Crippen molar-refractivity contribution in [1.29, 1.82) is 0 Å². The molecular formula is C15H21N5O. The van der Waals surface area contributed by atoms with Gasteiger partial charge in [-0.1, -0.05) is 25.1 Å². The lowest BCUT2D eigenvalue weighted by Gasteiger charge is -2.17. The molecule has 1 N–H and O–H groups in total. The zero-order valence-electron chi connectivity index (χ0n) is 12.3. The van der Waals surface area contributed by atoms with Crippen LogP contribution in [0.3, 0.4) is 0 Å². The standard InChI is InChI=1S/C15H21N5O/c1-2-14-12(8-9-21-14)10-16-11-15-17-18-19-20(15)13-6-4-3-5-7-13/h3-7,12,14,16H,2,8-11H2,1H3. The Kier molecular flexibility index (Phi) is 4.57. The molecule has 0 aliphatic carbocycles. The monoisotopic (exact) mass is 287 g/mol. The van der Waals surface area contributed by atoms with Crippen LogP contribution in [-0.2, 0) is 11.3 Å². The highest BCUT2D eigenvalue weighted by molar-refractivity contribution is 5.30. The molecule has 0 radical (unpaired) electrons. The van der Waals surface area contributed by atoms with E-state index in [4.69, 9.17) is 4.74 Å². The van der Waals surface area contributed by atoms with E-state index in [1.165, 1.54) is 0 Å². The first kappa shape index (κ1) is 14.2. The third-order valence-corrected chi connectivity index (χ3v) is 3.97. The van der Waals surface area contributed by atoms with Crippen molar-refractivity contribution in [3.05, 3.63) is 36.2 Å². The summed E-state index contributed by atoms with van der Waals surface area (Å²) in [6.45, 7) is 4.67. The molecule has 0 amide bonds. The molecule has 6 nitrogen and oxygen atoms in total. The first-order chi connectivity index (χ1) is 10.4. The molecule has 0 bridgehead atoms. The van der Waals surface area contributed by atoms with Crippen molar-refractivity contribution in [1.82, 2.24) is 25.5 Å². The van der Waals surface area contributed by atoms with Crippen LogP contribution >= 0.6 is 0 Å². The topological polar surface area (TPSA) is 64.9 Å². The average Bonchev–Trinajstić information content (AvgIpc) is 3.17. The van der Waals surface area contributed by atoms with E-state index in [1.54, 1.807) is 4.68 Å². The van der Waals surface area contributed by atoms with Crippen molar-refractivity contribution in [2.75, 3.05) is 13.2 Å². The van der Waals surface area contributed by atoms with Gasteiger partial charge in [0.25, 0.3) is 0 Å². The molecule has 112 valence electrons. The Bertz CT molecular complexity index is 556. The SMILES string of the molecule is CCC1OCCC1CNCc1nnnn1-c1ccccc1. The highest BCUT2D eigenvalue weighted by Crippen LogP contribution is 2.22. The highest BCUT2D eigenvalue weighted by Gasteiger charge is 2.26. The summed E-state index contributed by atoms with van der Waals surface area (Å²) >= 11 is 0. The number of ether oxygens (including phenoxy) is 1. The molecule has 3 rings (SSSR count). The van der Waals surface area contributed by atoms with E-state index in [0.29, 0.717) is 18.6 Å². The molecule has 2 unspecified atom stereocenters. The van der Waals surface area contributed by atoms with Gasteiger partial charge in [0.1, 0.15) is 0 Å². The van der Waals surface area contributed by atoms with E-state index in [-0.39, 0.29) is 0 Å². The molecule has 2 atom stereocenters. The van der Waals surface area contributed by atoms with Crippen LogP contribution in [0.25, 0.3) is 5.69 Å². The van der Waals surface area contributed by atoms with Crippen molar-refractivity contribution in [2.45, 2.75) is 32.4 Å². The molecule has 21 heavy (non-hydrogen) atoms. The van der Waals surface area contributed by atoms with Crippen LogP contribution in [-0.4, -0.2) is 39.5 Å². The summed E-state index contributed by atoms with van der Waals surface area (Å²) in [5.41, 5.74) is 0.981.